The number of hydrogen-bond donors (Lipinski definition) is 1. The lowest BCUT2D eigenvalue weighted by atomic mass is 10.2. The molecule has 0 spiro atoms. The van der Waals surface area contributed by atoms with E-state index in [1.54, 1.807) is 6.92 Å². The zero-order chi connectivity index (χ0) is 8.91. The summed E-state index contributed by atoms with van der Waals surface area (Å²) in [6.45, 7) is 2.16. The topological polar surface area (TPSA) is 60.2 Å². The van der Waals surface area contributed by atoms with Crippen LogP contribution >= 0.6 is 0 Å². The largest absolute Gasteiger partial charge is 0.330 e. The van der Waals surface area contributed by atoms with Crippen LogP contribution in [-0.4, -0.2) is 26.5 Å². The van der Waals surface area contributed by atoms with Crippen molar-refractivity contribution in [3.8, 4) is 12.3 Å². The molecule has 0 bridgehead atoms. The molecule has 0 aliphatic heterocycles. The molecule has 0 amide bonds. The fourth-order valence-corrected chi connectivity index (χ4v) is 2.06. The minimum absolute atomic E-state index is 0.00616. The van der Waals surface area contributed by atoms with Gasteiger partial charge in [0.15, 0.2) is 9.84 Å². The Hall–Kier alpha value is -0.530. The average molecular weight is 175 g/mol. The highest BCUT2D eigenvalue weighted by Crippen LogP contribution is 1.99. The monoisotopic (exact) mass is 175 g/mol. The van der Waals surface area contributed by atoms with E-state index in [0.29, 0.717) is 6.54 Å². The lowest BCUT2D eigenvalue weighted by molar-refractivity contribution is 0.577. The van der Waals surface area contributed by atoms with Crippen molar-refractivity contribution in [3.63, 3.8) is 0 Å². The van der Waals surface area contributed by atoms with Crippen molar-refractivity contribution in [2.45, 2.75) is 6.92 Å². The number of hydrogen-bond acceptors (Lipinski definition) is 3. The second-order valence-electron chi connectivity index (χ2n) is 2.60. The third-order valence-electron chi connectivity index (χ3n) is 1.24. The molecule has 0 radical (unpaired) electrons. The van der Waals surface area contributed by atoms with Crippen LogP contribution in [0, 0.1) is 18.3 Å². The second-order valence-corrected chi connectivity index (χ2v) is 4.71. The van der Waals surface area contributed by atoms with E-state index < -0.39 is 9.84 Å². The van der Waals surface area contributed by atoms with Gasteiger partial charge in [0.25, 0.3) is 0 Å². The Bertz CT molecular complexity index is 238. The van der Waals surface area contributed by atoms with Crippen LogP contribution in [0.4, 0.5) is 0 Å². The summed E-state index contributed by atoms with van der Waals surface area (Å²) >= 11 is 0. The molecule has 0 aliphatic rings. The fourth-order valence-electron chi connectivity index (χ4n) is 0.687. The molecule has 0 aromatic heterocycles. The van der Waals surface area contributed by atoms with Crippen LogP contribution in [0.2, 0.25) is 0 Å². The highest BCUT2D eigenvalue weighted by molar-refractivity contribution is 7.91. The molecule has 1 unspecified atom stereocenters. The van der Waals surface area contributed by atoms with Crippen molar-refractivity contribution in [3.05, 3.63) is 0 Å². The van der Waals surface area contributed by atoms with E-state index in [-0.39, 0.29) is 17.4 Å². The first-order chi connectivity index (χ1) is 5.02. The molecule has 11 heavy (non-hydrogen) atoms. The van der Waals surface area contributed by atoms with Gasteiger partial charge in [-0.05, 0) is 12.5 Å². The Morgan fingerprint density at radius 2 is 2.18 bits per heavy atom. The quantitative estimate of drug-likeness (QED) is 0.593. The minimum Gasteiger partial charge on any atom is -0.330 e. The van der Waals surface area contributed by atoms with Gasteiger partial charge in [-0.25, -0.2) is 8.42 Å². The zero-order valence-corrected chi connectivity index (χ0v) is 7.39. The summed E-state index contributed by atoms with van der Waals surface area (Å²) in [4.78, 5) is 0. The predicted molar refractivity (Wildman–Crippen MR) is 45.7 cm³/mol. The molecule has 2 N–H and O–H groups in total. The maximum absolute atomic E-state index is 11.0. The van der Waals surface area contributed by atoms with Gasteiger partial charge < -0.3 is 5.73 Å². The van der Waals surface area contributed by atoms with Crippen molar-refractivity contribution in [1.29, 1.82) is 0 Å². The van der Waals surface area contributed by atoms with Crippen LogP contribution in [0.3, 0.4) is 0 Å². The smallest absolute Gasteiger partial charge is 0.161 e. The van der Waals surface area contributed by atoms with Crippen LogP contribution < -0.4 is 5.73 Å². The molecule has 4 heteroatoms. The predicted octanol–water partition coefficient (Wildman–Crippen LogP) is -0.371. The Labute approximate surface area is 67.9 Å². The lowest BCUT2D eigenvalue weighted by Crippen LogP contribution is -2.22. The molecule has 0 saturated heterocycles. The maximum atomic E-state index is 11.0. The summed E-state index contributed by atoms with van der Waals surface area (Å²) < 4.78 is 22.0. The molecule has 1 atom stereocenters. The minimum atomic E-state index is -3.06. The van der Waals surface area contributed by atoms with E-state index in [2.05, 4.69) is 5.92 Å². The van der Waals surface area contributed by atoms with Gasteiger partial charge in [0.1, 0.15) is 5.75 Å². The SMILES string of the molecule is C#CCS(=O)(=O)CC(C)CN. The molecule has 64 valence electrons. The molecule has 0 aromatic rings. The molecule has 0 aromatic carbocycles. The Balaban J connectivity index is 4.05. The van der Waals surface area contributed by atoms with Crippen LogP contribution in [0.1, 0.15) is 6.92 Å². The summed E-state index contributed by atoms with van der Waals surface area (Å²) in [5, 5.41) is 0. The van der Waals surface area contributed by atoms with Gasteiger partial charge in [-0.15, -0.1) is 6.42 Å². The first-order valence-corrected chi connectivity index (χ1v) is 5.18. The summed E-state index contributed by atoms with van der Waals surface area (Å²) in [5.41, 5.74) is 5.26. The van der Waals surface area contributed by atoms with Gasteiger partial charge in [-0.3, -0.25) is 0 Å². The maximum Gasteiger partial charge on any atom is 0.161 e. The van der Waals surface area contributed by atoms with Crippen LogP contribution in [-0.2, 0) is 9.84 Å². The number of nitrogens with two attached hydrogens (primary N) is 1. The highest BCUT2D eigenvalue weighted by Gasteiger charge is 2.12. The molecule has 0 rings (SSSR count). The third-order valence-corrected chi connectivity index (χ3v) is 2.93. The van der Waals surface area contributed by atoms with Crippen LogP contribution in [0.25, 0.3) is 0 Å². The van der Waals surface area contributed by atoms with Gasteiger partial charge in [-0.2, -0.15) is 0 Å². The van der Waals surface area contributed by atoms with Gasteiger partial charge in [0, 0.05) is 0 Å². The van der Waals surface area contributed by atoms with Crippen molar-refractivity contribution < 1.29 is 8.42 Å². The molecule has 0 aliphatic carbocycles. The van der Waals surface area contributed by atoms with Crippen LogP contribution in [0.15, 0.2) is 0 Å². The first-order valence-electron chi connectivity index (χ1n) is 3.36. The van der Waals surface area contributed by atoms with Gasteiger partial charge in [0.2, 0.25) is 0 Å². The number of sulfone groups is 1. The molecular formula is C7H13NO2S. The van der Waals surface area contributed by atoms with Gasteiger partial charge >= 0.3 is 0 Å². The standard InChI is InChI=1S/C7H13NO2S/c1-3-4-11(9,10)6-7(2)5-8/h1,7H,4-6,8H2,2H3. The average Bonchev–Trinajstić information content (AvgIpc) is 1.86. The van der Waals surface area contributed by atoms with Crippen molar-refractivity contribution in [2.75, 3.05) is 18.1 Å². The molecule has 3 nitrogen and oxygen atoms in total. The van der Waals surface area contributed by atoms with E-state index >= 15 is 0 Å². The summed E-state index contributed by atoms with van der Waals surface area (Å²) in [5.74, 6) is 2.01. The van der Waals surface area contributed by atoms with Crippen molar-refractivity contribution >= 4 is 9.84 Å². The summed E-state index contributed by atoms with van der Waals surface area (Å²) in [6.07, 6.45) is 4.87. The zero-order valence-electron chi connectivity index (χ0n) is 6.58. The van der Waals surface area contributed by atoms with Gasteiger partial charge in [0.05, 0.1) is 5.75 Å². The van der Waals surface area contributed by atoms with E-state index in [9.17, 15) is 8.42 Å². The van der Waals surface area contributed by atoms with E-state index in [1.165, 1.54) is 0 Å². The highest BCUT2D eigenvalue weighted by atomic mass is 32.2. The van der Waals surface area contributed by atoms with E-state index in [4.69, 9.17) is 12.2 Å². The molecule has 0 fully saturated rings. The first kappa shape index (κ1) is 10.5. The van der Waals surface area contributed by atoms with E-state index in [1.807, 2.05) is 0 Å². The van der Waals surface area contributed by atoms with Crippen molar-refractivity contribution in [1.82, 2.24) is 0 Å². The van der Waals surface area contributed by atoms with Gasteiger partial charge in [-0.1, -0.05) is 12.8 Å². The molecular weight excluding hydrogens is 162 g/mol. The fraction of sp³-hybridized carbons (Fsp3) is 0.714. The second kappa shape index (κ2) is 4.37. The third kappa shape index (κ3) is 4.82. The lowest BCUT2D eigenvalue weighted by Gasteiger charge is -2.06. The Morgan fingerprint density at radius 1 is 1.64 bits per heavy atom. The molecule has 0 saturated carbocycles. The van der Waals surface area contributed by atoms with Crippen LogP contribution in [0.5, 0.6) is 0 Å². The normalized spacial score (nSPS) is 13.9. The molecule has 0 heterocycles. The Morgan fingerprint density at radius 3 is 2.55 bits per heavy atom. The number of terminal acetylenes is 1. The number of rotatable bonds is 4. The summed E-state index contributed by atoms with van der Waals surface area (Å²) in [6, 6.07) is 0. The van der Waals surface area contributed by atoms with E-state index in [0.717, 1.165) is 0 Å². The Kier molecular flexibility index (Phi) is 4.16. The summed E-state index contributed by atoms with van der Waals surface area (Å²) in [7, 11) is -3.06. The van der Waals surface area contributed by atoms with Crippen molar-refractivity contribution in [2.24, 2.45) is 11.7 Å².